The Balaban J connectivity index is 1.78. The fourth-order valence-electron chi connectivity index (χ4n) is 2.69. The van der Waals surface area contributed by atoms with Gasteiger partial charge in [-0.3, -0.25) is 0 Å². The van der Waals surface area contributed by atoms with Gasteiger partial charge in [-0.1, -0.05) is 37.9 Å². The number of benzene rings is 1. The summed E-state index contributed by atoms with van der Waals surface area (Å²) in [5.41, 5.74) is 1.06. The van der Waals surface area contributed by atoms with Crippen LogP contribution >= 0.6 is 11.6 Å². The van der Waals surface area contributed by atoms with E-state index in [0.717, 1.165) is 6.42 Å². The van der Waals surface area contributed by atoms with Gasteiger partial charge in [0.05, 0.1) is 12.2 Å². The van der Waals surface area contributed by atoms with Crippen LogP contribution in [0.4, 0.5) is 0 Å². The van der Waals surface area contributed by atoms with Crippen LogP contribution in [0.15, 0.2) is 24.3 Å². The van der Waals surface area contributed by atoms with E-state index in [1.165, 1.54) is 19.3 Å². The van der Waals surface area contributed by atoms with E-state index in [-0.39, 0.29) is 5.97 Å². The average Bonchev–Trinajstić information content (AvgIpc) is 3.19. The van der Waals surface area contributed by atoms with Gasteiger partial charge in [0.25, 0.3) is 0 Å². The zero-order chi connectivity index (χ0) is 13.9. The topological polar surface area (TPSA) is 26.3 Å². The standard InChI is InChI=1S/C16H21ClO2/c1-3-16(8-9-16)12(2)7-10-19-15(18)13-5-4-6-14(17)11-13/h4-6,11-12H,3,7-10H2,1-2H3. The molecule has 0 aliphatic heterocycles. The van der Waals surface area contributed by atoms with E-state index in [1.807, 2.05) is 0 Å². The van der Waals surface area contributed by atoms with Gasteiger partial charge in [-0.2, -0.15) is 0 Å². The van der Waals surface area contributed by atoms with E-state index < -0.39 is 0 Å². The van der Waals surface area contributed by atoms with Crippen molar-refractivity contribution < 1.29 is 9.53 Å². The molecule has 1 unspecified atom stereocenters. The summed E-state index contributed by atoms with van der Waals surface area (Å²) in [5.74, 6) is 0.348. The molecule has 0 bridgehead atoms. The summed E-state index contributed by atoms with van der Waals surface area (Å²) in [6.07, 6.45) is 4.83. The summed E-state index contributed by atoms with van der Waals surface area (Å²) in [7, 11) is 0. The summed E-state index contributed by atoms with van der Waals surface area (Å²) in [6.45, 7) is 5.01. The minimum atomic E-state index is -0.281. The predicted octanol–water partition coefficient (Wildman–Crippen LogP) is 4.71. The summed E-state index contributed by atoms with van der Waals surface area (Å²) < 4.78 is 5.32. The summed E-state index contributed by atoms with van der Waals surface area (Å²) in [6, 6.07) is 6.88. The molecule has 0 radical (unpaired) electrons. The maximum Gasteiger partial charge on any atom is 0.338 e. The fourth-order valence-corrected chi connectivity index (χ4v) is 2.88. The third kappa shape index (κ3) is 3.50. The Kier molecular flexibility index (Phi) is 4.51. The molecular formula is C16H21ClO2. The molecule has 1 aliphatic rings. The molecule has 104 valence electrons. The highest BCUT2D eigenvalue weighted by atomic mass is 35.5. The highest BCUT2D eigenvalue weighted by Crippen LogP contribution is 2.55. The first kappa shape index (κ1) is 14.4. The van der Waals surface area contributed by atoms with Crippen molar-refractivity contribution >= 4 is 17.6 Å². The van der Waals surface area contributed by atoms with Crippen molar-refractivity contribution in [3.63, 3.8) is 0 Å². The molecule has 0 amide bonds. The Labute approximate surface area is 120 Å². The maximum absolute atomic E-state index is 11.8. The molecule has 1 saturated carbocycles. The smallest absolute Gasteiger partial charge is 0.338 e. The number of halogens is 1. The first-order chi connectivity index (χ1) is 9.07. The molecule has 0 N–H and O–H groups in total. The number of carbonyl (C=O) groups excluding carboxylic acids is 1. The maximum atomic E-state index is 11.8. The molecule has 19 heavy (non-hydrogen) atoms. The number of esters is 1. The predicted molar refractivity (Wildman–Crippen MR) is 77.5 cm³/mol. The lowest BCUT2D eigenvalue weighted by molar-refractivity contribution is 0.0468. The zero-order valence-electron chi connectivity index (χ0n) is 11.6. The molecule has 1 fully saturated rings. The Morgan fingerprint density at radius 2 is 2.21 bits per heavy atom. The van der Waals surface area contributed by atoms with Gasteiger partial charge < -0.3 is 4.74 Å². The molecule has 0 heterocycles. The molecule has 1 aromatic carbocycles. The quantitative estimate of drug-likeness (QED) is 0.705. The van der Waals surface area contributed by atoms with Gasteiger partial charge in [-0.25, -0.2) is 4.79 Å². The molecule has 0 saturated heterocycles. The lowest BCUT2D eigenvalue weighted by Crippen LogP contribution is -2.16. The lowest BCUT2D eigenvalue weighted by Gasteiger charge is -2.21. The Morgan fingerprint density at radius 1 is 1.47 bits per heavy atom. The van der Waals surface area contributed by atoms with Gasteiger partial charge in [0.15, 0.2) is 0 Å². The Morgan fingerprint density at radius 3 is 2.79 bits per heavy atom. The molecule has 0 spiro atoms. The van der Waals surface area contributed by atoms with Crippen LogP contribution in [0, 0.1) is 11.3 Å². The van der Waals surface area contributed by atoms with Crippen LogP contribution < -0.4 is 0 Å². The third-order valence-electron chi connectivity index (χ3n) is 4.49. The summed E-state index contributed by atoms with van der Waals surface area (Å²) in [4.78, 5) is 11.8. The van der Waals surface area contributed by atoms with Crippen LogP contribution in [0.3, 0.4) is 0 Å². The van der Waals surface area contributed by atoms with Crippen LogP contribution in [0.5, 0.6) is 0 Å². The average molecular weight is 281 g/mol. The van der Waals surface area contributed by atoms with E-state index in [2.05, 4.69) is 13.8 Å². The molecule has 3 heteroatoms. The molecule has 1 atom stereocenters. The van der Waals surface area contributed by atoms with E-state index in [4.69, 9.17) is 16.3 Å². The van der Waals surface area contributed by atoms with Gasteiger partial charge in [-0.15, -0.1) is 0 Å². The first-order valence-corrected chi connectivity index (χ1v) is 7.38. The van der Waals surface area contributed by atoms with Gasteiger partial charge in [-0.05, 0) is 48.8 Å². The largest absolute Gasteiger partial charge is 0.462 e. The minimum Gasteiger partial charge on any atom is -0.462 e. The second-order valence-corrected chi connectivity index (χ2v) is 5.99. The third-order valence-corrected chi connectivity index (χ3v) is 4.72. The number of ether oxygens (including phenoxy) is 1. The van der Waals surface area contributed by atoms with E-state index in [1.54, 1.807) is 24.3 Å². The normalized spacial score (nSPS) is 17.8. The van der Waals surface area contributed by atoms with E-state index in [0.29, 0.717) is 28.5 Å². The zero-order valence-corrected chi connectivity index (χ0v) is 12.4. The highest BCUT2D eigenvalue weighted by molar-refractivity contribution is 6.30. The van der Waals surface area contributed by atoms with Gasteiger partial charge in [0.1, 0.15) is 0 Å². The van der Waals surface area contributed by atoms with Crippen molar-refractivity contribution in [1.29, 1.82) is 0 Å². The van der Waals surface area contributed by atoms with Crippen LogP contribution in [0.2, 0.25) is 5.02 Å². The Bertz CT molecular complexity index is 452. The van der Waals surface area contributed by atoms with Gasteiger partial charge in [0, 0.05) is 5.02 Å². The van der Waals surface area contributed by atoms with Crippen molar-refractivity contribution in [3.05, 3.63) is 34.9 Å². The molecule has 1 aliphatic carbocycles. The molecular weight excluding hydrogens is 260 g/mol. The molecule has 1 aromatic rings. The highest BCUT2D eigenvalue weighted by Gasteiger charge is 2.44. The van der Waals surface area contributed by atoms with Gasteiger partial charge in [0.2, 0.25) is 0 Å². The monoisotopic (exact) mass is 280 g/mol. The summed E-state index contributed by atoms with van der Waals surface area (Å²) >= 11 is 5.85. The van der Waals surface area contributed by atoms with Crippen LogP contribution in [0.1, 0.15) is 49.9 Å². The van der Waals surface area contributed by atoms with E-state index in [9.17, 15) is 4.79 Å². The van der Waals surface area contributed by atoms with Crippen LogP contribution in [-0.2, 0) is 4.74 Å². The van der Waals surface area contributed by atoms with Crippen molar-refractivity contribution in [2.75, 3.05) is 6.61 Å². The van der Waals surface area contributed by atoms with Crippen LogP contribution in [-0.4, -0.2) is 12.6 Å². The van der Waals surface area contributed by atoms with Crippen molar-refractivity contribution in [2.45, 2.75) is 39.5 Å². The van der Waals surface area contributed by atoms with Crippen molar-refractivity contribution in [2.24, 2.45) is 11.3 Å². The lowest BCUT2D eigenvalue weighted by atomic mass is 9.86. The first-order valence-electron chi connectivity index (χ1n) is 7.00. The van der Waals surface area contributed by atoms with Crippen molar-refractivity contribution in [3.8, 4) is 0 Å². The molecule has 2 rings (SSSR count). The second kappa shape index (κ2) is 5.96. The minimum absolute atomic E-state index is 0.281. The molecule has 2 nitrogen and oxygen atoms in total. The molecule has 0 aromatic heterocycles. The van der Waals surface area contributed by atoms with E-state index >= 15 is 0 Å². The summed E-state index contributed by atoms with van der Waals surface area (Å²) in [5, 5.41) is 0.561. The van der Waals surface area contributed by atoms with Crippen molar-refractivity contribution in [1.82, 2.24) is 0 Å². The number of hydrogen-bond acceptors (Lipinski definition) is 2. The number of carbonyl (C=O) groups is 1. The number of hydrogen-bond donors (Lipinski definition) is 0. The van der Waals surface area contributed by atoms with Gasteiger partial charge >= 0.3 is 5.97 Å². The fraction of sp³-hybridized carbons (Fsp3) is 0.562. The Hall–Kier alpha value is -1.02. The second-order valence-electron chi connectivity index (χ2n) is 5.55. The number of rotatable bonds is 6. The SMILES string of the molecule is CCC1(C(C)CCOC(=O)c2cccc(Cl)c2)CC1. The van der Waals surface area contributed by atoms with Crippen LogP contribution in [0.25, 0.3) is 0 Å².